The zero-order valence-corrected chi connectivity index (χ0v) is 12.4. The second kappa shape index (κ2) is 5.33. The van der Waals surface area contributed by atoms with Crippen LogP contribution in [0.2, 0.25) is 5.15 Å². The molecule has 1 aromatic heterocycles. The van der Waals surface area contributed by atoms with E-state index in [2.05, 4.69) is 10.2 Å². The molecule has 0 saturated carbocycles. The third kappa shape index (κ3) is 2.23. The minimum Gasteiger partial charge on any atom is -0.467 e. The van der Waals surface area contributed by atoms with Gasteiger partial charge in [0, 0.05) is 11.6 Å². The second-order valence-electron chi connectivity index (χ2n) is 4.90. The highest BCUT2D eigenvalue weighted by atomic mass is 35.5. The van der Waals surface area contributed by atoms with E-state index in [4.69, 9.17) is 16.3 Å². The molecule has 2 unspecified atom stereocenters. The first kappa shape index (κ1) is 13.8. The van der Waals surface area contributed by atoms with Crippen molar-refractivity contribution in [3.8, 4) is 0 Å². The number of benzene rings is 1. The number of ether oxygens (including phenoxy) is 1. The lowest BCUT2D eigenvalue weighted by Crippen LogP contribution is -2.38. The average molecular weight is 304 g/mol. The summed E-state index contributed by atoms with van der Waals surface area (Å²) in [6, 6.07) is 10.8. The van der Waals surface area contributed by atoms with Crippen LogP contribution in [0.5, 0.6) is 0 Å². The predicted molar refractivity (Wildman–Crippen MR) is 79.8 cm³/mol. The van der Waals surface area contributed by atoms with Crippen molar-refractivity contribution in [1.29, 1.82) is 0 Å². The second-order valence-corrected chi connectivity index (χ2v) is 5.29. The molecular formula is C15H14ClN3O2. The van der Waals surface area contributed by atoms with Gasteiger partial charge in [0.05, 0.1) is 7.11 Å². The molecule has 2 aromatic rings. The molecule has 0 bridgehead atoms. The van der Waals surface area contributed by atoms with Crippen molar-refractivity contribution in [2.24, 2.45) is 0 Å². The summed E-state index contributed by atoms with van der Waals surface area (Å²) in [4.78, 5) is 14.1. The summed E-state index contributed by atoms with van der Waals surface area (Å²) >= 11 is 5.79. The summed E-state index contributed by atoms with van der Waals surface area (Å²) in [6.45, 7) is 2.00. The van der Waals surface area contributed by atoms with E-state index < -0.39 is 6.04 Å². The number of para-hydroxylation sites is 1. The summed E-state index contributed by atoms with van der Waals surface area (Å²) < 4.78 is 4.96. The van der Waals surface area contributed by atoms with Gasteiger partial charge in [0.25, 0.3) is 0 Å². The SMILES string of the molecule is COC(=O)C1C(C)c2ccccc2N1c1ccc(Cl)nn1. The van der Waals surface area contributed by atoms with Crippen molar-refractivity contribution < 1.29 is 9.53 Å². The highest BCUT2D eigenvalue weighted by Gasteiger charge is 2.42. The maximum absolute atomic E-state index is 12.2. The zero-order chi connectivity index (χ0) is 15.0. The van der Waals surface area contributed by atoms with Gasteiger partial charge in [0.2, 0.25) is 0 Å². The van der Waals surface area contributed by atoms with Gasteiger partial charge in [0.15, 0.2) is 11.0 Å². The van der Waals surface area contributed by atoms with Gasteiger partial charge in [-0.05, 0) is 23.8 Å². The number of esters is 1. The van der Waals surface area contributed by atoms with E-state index in [1.165, 1.54) is 7.11 Å². The van der Waals surface area contributed by atoms with E-state index in [1.54, 1.807) is 12.1 Å². The fourth-order valence-electron chi connectivity index (χ4n) is 2.77. The van der Waals surface area contributed by atoms with Crippen LogP contribution in [0.25, 0.3) is 0 Å². The average Bonchev–Trinajstić information content (AvgIpc) is 2.81. The maximum Gasteiger partial charge on any atom is 0.329 e. The highest BCUT2D eigenvalue weighted by Crippen LogP contribution is 2.44. The molecule has 108 valence electrons. The number of halogens is 1. The first-order valence-electron chi connectivity index (χ1n) is 6.58. The lowest BCUT2D eigenvalue weighted by Gasteiger charge is -2.25. The molecule has 0 saturated heterocycles. The number of anilines is 2. The van der Waals surface area contributed by atoms with Gasteiger partial charge in [-0.2, -0.15) is 0 Å². The van der Waals surface area contributed by atoms with E-state index in [9.17, 15) is 4.79 Å². The maximum atomic E-state index is 12.2. The van der Waals surface area contributed by atoms with Gasteiger partial charge in [-0.15, -0.1) is 10.2 Å². The van der Waals surface area contributed by atoms with Crippen molar-refractivity contribution in [2.75, 3.05) is 12.0 Å². The minimum atomic E-state index is -0.456. The first-order chi connectivity index (χ1) is 10.1. The van der Waals surface area contributed by atoms with Crippen LogP contribution in [-0.2, 0) is 9.53 Å². The monoisotopic (exact) mass is 303 g/mol. The fourth-order valence-corrected chi connectivity index (χ4v) is 2.87. The lowest BCUT2D eigenvalue weighted by molar-refractivity contribution is -0.142. The number of aromatic nitrogens is 2. The van der Waals surface area contributed by atoms with Crippen molar-refractivity contribution in [2.45, 2.75) is 18.9 Å². The Bertz CT molecular complexity index is 675. The molecule has 2 heterocycles. The molecule has 6 heteroatoms. The number of fused-ring (bicyclic) bond motifs is 1. The van der Waals surface area contributed by atoms with E-state index >= 15 is 0 Å². The van der Waals surface area contributed by atoms with E-state index in [1.807, 2.05) is 36.1 Å². The van der Waals surface area contributed by atoms with Gasteiger partial charge < -0.3 is 9.64 Å². The van der Waals surface area contributed by atoms with Gasteiger partial charge in [-0.1, -0.05) is 36.7 Å². The number of nitrogens with zero attached hydrogens (tertiary/aromatic N) is 3. The Kier molecular flexibility index (Phi) is 3.51. The van der Waals surface area contributed by atoms with E-state index in [0.717, 1.165) is 11.3 Å². The van der Waals surface area contributed by atoms with Gasteiger partial charge in [-0.25, -0.2) is 4.79 Å². The van der Waals surface area contributed by atoms with E-state index in [0.29, 0.717) is 11.0 Å². The third-order valence-corrected chi connectivity index (χ3v) is 3.95. The van der Waals surface area contributed by atoms with Crippen molar-refractivity contribution in [3.63, 3.8) is 0 Å². The fraction of sp³-hybridized carbons (Fsp3) is 0.267. The van der Waals surface area contributed by atoms with Crippen LogP contribution in [0, 0.1) is 0 Å². The molecule has 1 aliphatic heterocycles. The van der Waals surface area contributed by atoms with Gasteiger partial charge in [-0.3, -0.25) is 0 Å². The molecule has 3 rings (SSSR count). The summed E-state index contributed by atoms with van der Waals surface area (Å²) in [5.41, 5.74) is 2.03. The molecule has 0 spiro atoms. The molecule has 0 amide bonds. The highest BCUT2D eigenvalue weighted by molar-refractivity contribution is 6.29. The topological polar surface area (TPSA) is 55.3 Å². The summed E-state index contributed by atoms with van der Waals surface area (Å²) in [5.74, 6) is 0.285. The number of carbonyl (C=O) groups excluding carboxylic acids is 1. The Morgan fingerprint density at radius 2 is 2.00 bits per heavy atom. The standard InChI is InChI=1S/C15H14ClN3O2/c1-9-10-5-3-4-6-11(10)19(14(9)15(20)21-2)13-8-7-12(16)17-18-13/h3-9,14H,1-2H3. The largest absolute Gasteiger partial charge is 0.467 e. The summed E-state index contributed by atoms with van der Waals surface area (Å²) in [7, 11) is 1.39. The Balaban J connectivity index is 2.13. The summed E-state index contributed by atoms with van der Waals surface area (Å²) in [6.07, 6.45) is 0. The van der Waals surface area contributed by atoms with Crippen molar-refractivity contribution >= 4 is 29.1 Å². The quantitative estimate of drug-likeness (QED) is 0.798. The molecule has 2 atom stereocenters. The lowest BCUT2D eigenvalue weighted by atomic mass is 9.97. The molecule has 1 aliphatic rings. The Labute approximate surface area is 127 Å². The zero-order valence-electron chi connectivity index (χ0n) is 11.7. The van der Waals surface area contributed by atoms with E-state index in [-0.39, 0.29) is 11.9 Å². The third-order valence-electron chi connectivity index (χ3n) is 3.75. The molecule has 5 nitrogen and oxygen atoms in total. The predicted octanol–water partition coefficient (Wildman–Crippen LogP) is 2.93. The van der Waals surface area contributed by atoms with Crippen molar-refractivity contribution in [1.82, 2.24) is 10.2 Å². The molecule has 21 heavy (non-hydrogen) atoms. The summed E-state index contributed by atoms with van der Waals surface area (Å²) in [5, 5.41) is 8.27. The van der Waals surface area contributed by atoms with Crippen LogP contribution in [0.4, 0.5) is 11.5 Å². The van der Waals surface area contributed by atoms with Crippen LogP contribution in [0.15, 0.2) is 36.4 Å². The number of hydrogen-bond donors (Lipinski definition) is 0. The van der Waals surface area contributed by atoms with Crippen LogP contribution in [-0.4, -0.2) is 29.3 Å². The minimum absolute atomic E-state index is 0.00567. The first-order valence-corrected chi connectivity index (χ1v) is 6.96. The number of carbonyl (C=O) groups is 1. The van der Waals surface area contributed by atoms with Gasteiger partial charge in [0.1, 0.15) is 6.04 Å². The molecule has 0 radical (unpaired) electrons. The van der Waals surface area contributed by atoms with Crippen LogP contribution in [0.1, 0.15) is 18.4 Å². The molecule has 0 fully saturated rings. The number of rotatable bonds is 2. The smallest absolute Gasteiger partial charge is 0.329 e. The van der Waals surface area contributed by atoms with Crippen LogP contribution >= 0.6 is 11.6 Å². The number of hydrogen-bond acceptors (Lipinski definition) is 5. The molecule has 0 aliphatic carbocycles. The molecular weight excluding hydrogens is 290 g/mol. The number of methoxy groups -OCH3 is 1. The molecule has 1 aromatic carbocycles. The normalized spacial score (nSPS) is 20.2. The Hall–Kier alpha value is -2.14. The van der Waals surface area contributed by atoms with Crippen molar-refractivity contribution in [3.05, 3.63) is 47.1 Å². The van der Waals surface area contributed by atoms with Crippen LogP contribution < -0.4 is 4.90 Å². The van der Waals surface area contributed by atoms with Gasteiger partial charge >= 0.3 is 5.97 Å². The molecule has 0 N–H and O–H groups in total. The Morgan fingerprint density at radius 3 is 2.67 bits per heavy atom. The Morgan fingerprint density at radius 1 is 1.24 bits per heavy atom. The van der Waals surface area contributed by atoms with Crippen LogP contribution in [0.3, 0.4) is 0 Å².